The second-order valence-corrected chi connectivity index (χ2v) is 5.47. The van der Waals surface area contributed by atoms with Crippen molar-refractivity contribution in [1.29, 1.82) is 0 Å². The van der Waals surface area contributed by atoms with Crippen LogP contribution in [0.5, 0.6) is 5.88 Å². The Morgan fingerprint density at radius 3 is 2.70 bits per heavy atom. The Bertz CT molecular complexity index is 786. The van der Waals surface area contributed by atoms with Crippen LogP contribution in [0.15, 0.2) is 46.5 Å². The zero-order valence-electron chi connectivity index (χ0n) is 10.7. The quantitative estimate of drug-likeness (QED) is 0.765. The summed E-state index contributed by atoms with van der Waals surface area (Å²) in [5.41, 5.74) is 7.00. The number of hydrogen-bond donors (Lipinski definition) is 2. The van der Waals surface area contributed by atoms with Crippen LogP contribution in [0.25, 0.3) is 11.0 Å². The molecule has 2 aromatic heterocycles. The second-order valence-electron chi connectivity index (χ2n) is 4.06. The van der Waals surface area contributed by atoms with Gasteiger partial charge in [0, 0.05) is 4.90 Å². The van der Waals surface area contributed by atoms with Crippen LogP contribution in [-0.2, 0) is 10.8 Å². The summed E-state index contributed by atoms with van der Waals surface area (Å²) >= 11 is 0. The normalized spacial score (nSPS) is 12.4. The van der Waals surface area contributed by atoms with E-state index in [1.54, 1.807) is 12.1 Å². The number of nitrogens with one attached hydrogen (secondary N) is 1. The van der Waals surface area contributed by atoms with Gasteiger partial charge in [-0.15, -0.1) is 0 Å². The molecule has 102 valence electrons. The molecule has 0 radical (unpaired) electrons. The molecule has 2 heterocycles. The average molecular weight is 288 g/mol. The average Bonchev–Trinajstić information content (AvgIpc) is 2.83. The van der Waals surface area contributed by atoms with Crippen molar-refractivity contribution >= 4 is 27.7 Å². The Balaban J connectivity index is 2.22. The summed E-state index contributed by atoms with van der Waals surface area (Å²) in [5.74, 6) is 0.680. The first-order valence-corrected chi connectivity index (χ1v) is 7.00. The minimum absolute atomic E-state index is 0.306. The van der Waals surface area contributed by atoms with Crippen molar-refractivity contribution in [2.75, 3.05) is 12.8 Å². The molecule has 0 amide bonds. The van der Waals surface area contributed by atoms with Crippen LogP contribution < -0.4 is 10.5 Å². The van der Waals surface area contributed by atoms with E-state index in [0.29, 0.717) is 32.5 Å². The third-order valence-electron chi connectivity index (χ3n) is 2.87. The molecule has 3 N–H and O–H groups in total. The number of aromatic amines is 1. The van der Waals surface area contributed by atoms with Crippen LogP contribution in [0.3, 0.4) is 0 Å². The molecule has 3 rings (SSSR count). The zero-order chi connectivity index (χ0) is 14.1. The lowest BCUT2D eigenvalue weighted by atomic mass is 10.4. The van der Waals surface area contributed by atoms with E-state index in [1.165, 1.54) is 13.4 Å². The molecule has 0 bridgehead atoms. The van der Waals surface area contributed by atoms with E-state index in [1.807, 2.05) is 18.2 Å². The van der Waals surface area contributed by atoms with Gasteiger partial charge in [-0.05, 0) is 12.1 Å². The molecule has 3 aromatic rings. The van der Waals surface area contributed by atoms with Crippen LogP contribution in [-0.4, -0.2) is 26.3 Å². The third kappa shape index (κ3) is 1.92. The van der Waals surface area contributed by atoms with Gasteiger partial charge in [0.05, 0.1) is 17.9 Å². The lowest BCUT2D eigenvalue weighted by Gasteiger charge is -2.02. The van der Waals surface area contributed by atoms with Crippen molar-refractivity contribution in [2.24, 2.45) is 0 Å². The third-order valence-corrected chi connectivity index (χ3v) is 4.35. The number of nitrogens with zero attached hydrogens (tertiary/aromatic N) is 2. The molecule has 0 aliphatic carbocycles. The maximum Gasteiger partial charge on any atom is 0.241 e. The van der Waals surface area contributed by atoms with Gasteiger partial charge in [0.15, 0.2) is 0 Å². The molecule has 0 saturated carbocycles. The molecular formula is C13H12N4O2S. The van der Waals surface area contributed by atoms with Crippen molar-refractivity contribution in [3.05, 3.63) is 36.7 Å². The van der Waals surface area contributed by atoms with Crippen molar-refractivity contribution in [1.82, 2.24) is 15.0 Å². The number of nitrogens with two attached hydrogens (primary N) is 1. The number of anilines is 1. The van der Waals surface area contributed by atoms with E-state index in [-0.39, 0.29) is 0 Å². The molecule has 6 nitrogen and oxygen atoms in total. The molecule has 7 heteroatoms. The van der Waals surface area contributed by atoms with E-state index in [0.717, 1.165) is 0 Å². The predicted molar refractivity (Wildman–Crippen MR) is 76.0 cm³/mol. The molecular weight excluding hydrogens is 276 g/mol. The summed E-state index contributed by atoms with van der Waals surface area (Å²) in [6, 6.07) is 9.09. The number of rotatable bonds is 3. The van der Waals surface area contributed by atoms with Gasteiger partial charge in [-0.1, -0.05) is 18.2 Å². The van der Waals surface area contributed by atoms with Gasteiger partial charge in [-0.2, -0.15) is 4.98 Å². The fourth-order valence-corrected chi connectivity index (χ4v) is 3.20. The van der Waals surface area contributed by atoms with Gasteiger partial charge in [0.25, 0.3) is 0 Å². The highest BCUT2D eigenvalue weighted by Crippen LogP contribution is 2.32. The Morgan fingerprint density at radius 1 is 1.25 bits per heavy atom. The SMILES string of the molecule is COc1ncnc2c(S(=O)c3ccccc3)c(N)[nH]c12. The second kappa shape index (κ2) is 4.93. The Morgan fingerprint density at radius 2 is 2.00 bits per heavy atom. The van der Waals surface area contributed by atoms with Crippen LogP contribution in [0.2, 0.25) is 0 Å². The molecule has 0 spiro atoms. The summed E-state index contributed by atoms with van der Waals surface area (Å²) in [6.07, 6.45) is 1.36. The minimum Gasteiger partial charge on any atom is -0.479 e. The number of H-pyrrole nitrogens is 1. The largest absolute Gasteiger partial charge is 0.479 e. The van der Waals surface area contributed by atoms with E-state index < -0.39 is 10.8 Å². The molecule has 0 aliphatic heterocycles. The number of aromatic nitrogens is 3. The van der Waals surface area contributed by atoms with Crippen molar-refractivity contribution in [2.45, 2.75) is 9.79 Å². The van der Waals surface area contributed by atoms with Crippen molar-refractivity contribution < 1.29 is 8.95 Å². The maximum atomic E-state index is 12.7. The van der Waals surface area contributed by atoms with E-state index >= 15 is 0 Å². The lowest BCUT2D eigenvalue weighted by molar-refractivity contribution is 0.402. The molecule has 0 saturated heterocycles. The van der Waals surface area contributed by atoms with Crippen LogP contribution in [0, 0.1) is 0 Å². The highest BCUT2D eigenvalue weighted by molar-refractivity contribution is 7.85. The van der Waals surface area contributed by atoms with Crippen molar-refractivity contribution in [3.8, 4) is 5.88 Å². The van der Waals surface area contributed by atoms with Crippen LogP contribution >= 0.6 is 0 Å². The minimum atomic E-state index is -1.41. The highest BCUT2D eigenvalue weighted by Gasteiger charge is 2.20. The smallest absolute Gasteiger partial charge is 0.241 e. The number of benzene rings is 1. The van der Waals surface area contributed by atoms with Crippen LogP contribution in [0.1, 0.15) is 0 Å². The van der Waals surface area contributed by atoms with Crippen molar-refractivity contribution in [3.63, 3.8) is 0 Å². The molecule has 20 heavy (non-hydrogen) atoms. The summed E-state index contributed by atoms with van der Waals surface area (Å²) in [5, 5.41) is 0. The Kier molecular flexibility index (Phi) is 3.11. The van der Waals surface area contributed by atoms with Gasteiger partial charge >= 0.3 is 0 Å². The number of ether oxygens (including phenoxy) is 1. The summed E-state index contributed by atoms with van der Waals surface area (Å²) in [6.45, 7) is 0. The molecule has 0 fully saturated rings. The molecule has 0 aliphatic rings. The summed E-state index contributed by atoms with van der Waals surface area (Å²) in [4.78, 5) is 12.2. The lowest BCUT2D eigenvalue weighted by Crippen LogP contribution is -1.97. The first-order valence-electron chi connectivity index (χ1n) is 5.85. The fourth-order valence-electron chi connectivity index (χ4n) is 1.98. The van der Waals surface area contributed by atoms with E-state index in [2.05, 4.69) is 15.0 Å². The zero-order valence-corrected chi connectivity index (χ0v) is 11.5. The first kappa shape index (κ1) is 12.6. The Hall–Kier alpha value is -2.41. The topological polar surface area (TPSA) is 93.9 Å². The summed E-state index contributed by atoms with van der Waals surface area (Å²) in [7, 11) is 0.0924. The first-order chi connectivity index (χ1) is 9.72. The Labute approximate surface area is 117 Å². The number of methoxy groups -OCH3 is 1. The van der Waals surface area contributed by atoms with Gasteiger partial charge in [0.2, 0.25) is 5.88 Å². The van der Waals surface area contributed by atoms with Crippen LogP contribution in [0.4, 0.5) is 5.82 Å². The van der Waals surface area contributed by atoms with E-state index in [9.17, 15) is 4.21 Å². The van der Waals surface area contributed by atoms with Gasteiger partial charge < -0.3 is 15.5 Å². The van der Waals surface area contributed by atoms with Gasteiger partial charge in [-0.3, -0.25) is 0 Å². The monoisotopic (exact) mass is 288 g/mol. The molecule has 1 unspecified atom stereocenters. The fraction of sp³-hybridized carbons (Fsp3) is 0.0769. The van der Waals surface area contributed by atoms with Gasteiger partial charge in [0.1, 0.15) is 28.1 Å². The maximum absolute atomic E-state index is 12.7. The van der Waals surface area contributed by atoms with E-state index in [4.69, 9.17) is 10.5 Å². The predicted octanol–water partition coefficient (Wildman–Crippen LogP) is 1.72. The number of fused-ring (bicyclic) bond motifs is 1. The summed E-state index contributed by atoms with van der Waals surface area (Å²) < 4.78 is 17.8. The number of hydrogen-bond acceptors (Lipinski definition) is 5. The van der Waals surface area contributed by atoms with Gasteiger partial charge in [-0.25, -0.2) is 9.19 Å². The molecule has 1 aromatic carbocycles. The highest BCUT2D eigenvalue weighted by atomic mass is 32.2. The standard InChI is InChI=1S/C13H12N4O2S/c1-19-13-10-9(15-7-16-13)11(12(14)17-10)20(18)8-5-3-2-4-6-8/h2-7,17H,14H2,1H3. The molecule has 1 atom stereocenters. The number of nitrogen functional groups attached to an aromatic ring is 1.